The number of ether oxygens (including phenoxy) is 2. The van der Waals surface area contributed by atoms with Crippen LogP contribution in [-0.4, -0.2) is 21.6 Å². The van der Waals surface area contributed by atoms with Gasteiger partial charge < -0.3 is 9.47 Å². The van der Waals surface area contributed by atoms with Gasteiger partial charge in [-0.15, -0.1) is 0 Å². The standard InChI is InChI=1S/C15H14ClNO4S/c1-10-2-4-12(9-13(10)16)22(18,19)17-11-3-5-14-15(8-11)21-7-6-20-14/h2-5,8-9,17H,6-7H2,1H3. The number of anilines is 1. The molecule has 2 aromatic rings. The summed E-state index contributed by atoms with van der Waals surface area (Å²) in [4.78, 5) is 0.109. The van der Waals surface area contributed by atoms with Crippen LogP contribution in [0.1, 0.15) is 5.56 Å². The minimum absolute atomic E-state index is 0.109. The molecule has 1 heterocycles. The van der Waals surface area contributed by atoms with Crippen molar-refractivity contribution in [3.63, 3.8) is 0 Å². The van der Waals surface area contributed by atoms with Crippen molar-refractivity contribution >= 4 is 27.3 Å². The molecule has 0 aliphatic carbocycles. The number of hydrogen-bond donors (Lipinski definition) is 1. The number of halogens is 1. The third kappa shape index (κ3) is 2.98. The fraction of sp³-hybridized carbons (Fsp3) is 0.200. The molecule has 0 fully saturated rings. The first-order chi connectivity index (χ1) is 10.5. The Morgan fingerprint density at radius 2 is 1.77 bits per heavy atom. The van der Waals surface area contributed by atoms with Gasteiger partial charge in [-0.3, -0.25) is 4.72 Å². The predicted molar refractivity (Wildman–Crippen MR) is 84.4 cm³/mol. The summed E-state index contributed by atoms with van der Waals surface area (Å²) in [6, 6.07) is 9.51. The van der Waals surface area contributed by atoms with E-state index in [-0.39, 0.29) is 4.90 Å². The summed E-state index contributed by atoms with van der Waals surface area (Å²) >= 11 is 5.99. The smallest absolute Gasteiger partial charge is 0.261 e. The highest BCUT2D eigenvalue weighted by atomic mass is 35.5. The van der Waals surface area contributed by atoms with Gasteiger partial charge in [-0.2, -0.15) is 0 Å². The van der Waals surface area contributed by atoms with Crippen LogP contribution in [0.15, 0.2) is 41.3 Å². The molecule has 0 spiro atoms. The maximum atomic E-state index is 12.4. The number of hydrogen-bond acceptors (Lipinski definition) is 4. The van der Waals surface area contributed by atoms with E-state index in [1.54, 1.807) is 24.3 Å². The van der Waals surface area contributed by atoms with Crippen LogP contribution >= 0.6 is 11.6 Å². The summed E-state index contributed by atoms with van der Waals surface area (Å²) in [7, 11) is -3.71. The first kappa shape index (κ1) is 15.0. The molecule has 0 atom stereocenters. The zero-order valence-electron chi connectivity index (χ0n) is 11.8. The minimum Gasteiger partial charge on any atom is -0.486 e. The van der Waals surface area contributed by atoms with Crippen molar-refractivity contribution in [2.24, 2.45) is 0 Å². The number of fused-ring (bicyclic) bond motifs is 1. The molecule has 0 unspecified atom stereocenters. The van der Waals surface area contributed by atoms with Crippen LogP contribution in [0.5, 0.6) is 11.5 Å². The third-order valence-electron chi connectivity index (χ3n) is 3.25. The van der Waals surface area contributed by atoms with E-state index in [0.717, 1.165) is 5.56 Å². The molecular weight excluding hydrogens is 326 g/mol. The largest absolute Gasteiger partial charge is 0.486 e. The van der Waals surface area contributed by atoms with Gasteiger partial charge in [0.2, 0.25) is 0 Å². The van der Waals surface area contributed by atoms with E-state index in [1.807, 2.05) is 6.92 Å². The van der Waals surface area contributed by atoms with Gasteiger partial charge in [0.25, 0.3) is 10.0 Å². The predicted octanol–water partition coefficient (Wildman–Crippen LogP) is 3.22. The van der Waals surface area contributed by atoms with Gasteiger partial charge in [0, 0.05) is 11.1 Å². The van der Waals surface area contributed by atoms with E-state index in [4.69, 9.17) is 21.1 Å². The molecule has 22 heavy (non-hydrogen) atoms. The van der Waals surface area contributed by atoms with Gasteiger partial charge in [0.15, 0.2) is 11.5 Å². The van der Waals surface area contributed by atoms with E-state index < -0.39 is 10.0 Å². The number of nitrogens with one attached hydrogen (secondary N) is 1. The molecule has 0 saturated carbocycles. The molecule has 0 amide bonds. The molecular formula is C15H14ClNO4S. The SMILES string of the molecule is Cc1ccc(S(=O)(=O)Nc2ccc3c(c2)OCCO3)cc1Cl. The van der Waals surface area contributed by atoms with Gasteiger partial charge in [-0.1, -0.05) is 17.7 Å². The highest BCUT2D eigenvalue weighted by Gasteiger charge is 2.18. The Kier molecular flexibility index (Phi) is 3.88. The summed E-state index contributed by atoms with van der Waals surface area (Å²) in [6.07, 6.45) is 0. The normalized spacial score (nSPS) is 13.7. The fourth-order valence-corrected chi connectivity index (χ4v) is 3.38. The monoisotopic (exact) mass is 339 g/mol. The van der Waals surface area contributed by atoms with Crippen molar-refractivity contribution in [3.8, 4) is 11.5 Å². The van der Waals surface area contributed by atoms with Crippen LogP contribution in [0.3, 0.4) is 0 Å². The lowest BCUT2D eigenvalue weighted by molar-refractivity contribution is 0.171. The van der Waals surface area contributed by atoms with Crippen molar-refractivity contribution in [2.75, 3.05) is 17.9 Å². The minimum atomic E-state index is -3.71. The Hall–Kier alpha value is -1.92. The van der Waals surface area contributed by atoms with Gasteiger partial charge >= 0.3 is 0 Å². The average molecular weight is 340 g/mol. The molecule has 0 aromatic heterocycles. The van der Waals surface area contributed by atoms with Crippen LogP contribution in [0.25, 0.3) is 0 Å². The van der Waals surface area contributed by atoms with Crippen LogP contribution in [0.4, 0.5) is 5.69 Å². The second-order valence-corrected chi connectivity index (χ2v) is 6.96. The van der Waals surface area contributed by atoms with Gasteiger partial charge in [-0.25, -0.2) is 8.42 Å². The van der Waals surface area contributed by atoms with Crippen molar-refractivity contribution < 1.29 is 17.9 Å². The molecule has 0 saturated heterocycles. The average Bonchev–Trinajstić information content (AvgIpc) is 2.49. The van der Waals surface area contributed by atoms with Crippen molar-refractivity contribution in [1.29, 1.82) is 0 Å². The Balaban J connectivity index is 1.89. The molecule has 1 aliphatic rings. The molecule has 116 valence electrons. The first-order valence-corrected chi connectivity index (χ1v) is 8.50. The van der Waals surface area contributed by atoms with Crippen molar-refractivity contribution in [1.82, 2.24) is 0 Å². The molecule has 1 aliphatic heterocycles. The molecule has 1 N–H and O–H groups in total. The highest BCUT2D eigenvalue weighted by molar-refractivity contribution is 7.92. The first-order valence-electron chi connectivity index (χ1n) is 6.64. The number of benzene rings is 2. The van der Waals surface area contributed by atoms with Crippen LogP contribution in [0, 0.1) is 6.92 Å². The Bertz CT molecular complexity index is 820. The Morgan fingerprint density at radius 3 is 2.50 bits per heavy atom. The molecule has 7 heteroatoms. The summed E-state index contributed by atoms with van der Waals surface area (Å²) in [5, 5.41) is 0.407. The van der Waals surface area contributed by atoms with Gasteiger partial charge in [0.05, 0.1) is 10.6 Å². The number of aryl methyl sites for hydroxylation is 1. The molecule has 3 rings (SSSR count). The lowest BCUT2D eigenvalue weighted by Gasteiger charge is -2.19. The lowest BCUT2D eigenvalue weighted by atomic mass is 10.2. The summed E-state index contributed by atoms with van der Waals surface area (Å²) < 4.78 is 38.1. The van der Waals surface area contributed by atoms with E-state index in [0.29, 0.717) is 35.4 Å². The Morgan fingerprint density at radius 1 is 1.05 bits per heavy atom. The summed E-state index contributed by atoms with van der Waals surface area (Å²) in [6.45, 7) is 2.74. The topological polar surface area (TPSA) is 64.6 Å². The fourth-order valence-electron chi connectivity index (χ4n) is 2.06. The van der Waals surface area contributed by atoms with Crippen LogP contribution in [0.2, 0.25) is 5.02 Å². The number of sulfonamides is 1. The second kappa shape index (κ2) is 5.70. The van der Waals surface area contributed by atoms with Crippen molar-refractivity contribution in [2.45, 2.75) is 11.8 Å². The van der Waals surface area contributed by atoms with Gasteiger partial charge in [-0.05, 0) is 36.8 Å². The van der Waals surface area contributed by atoms with Crippen molar-refractivity contribution in [3.05, 3.63) is 47.0 Å². The Labute approximate surface area is 133 Å². The van der Waals surface area contributed by atoms with E-state index in [9.17, 15) is 8.42 Å². The van der Waals surface area contributed by atoms with E-state index in [1.165, 1.54) is 12.1 Å². The van der Waals surface area contributed by atoms with E-state index in [2.05, 4.69) is 4.72 Å². The summed E-state index contributed by atoms with van der Waals surface area (Å²) in [5.74, 6) is 1.13. The molecule has 5 nitrogen and oxygen atoms in total. The quantitative estimate of drug-likeness (QED) is 0.932. The molecule has 2 aromatic carbocycles. The maximum absolute atomic E-state index is 12.4. The van der Waals surface area contributed by atoms with E-state index >= 15 is 0 Å². The van der Waals surface area contributed by atoms with Crippen LogP contribution < -0.4 is 14.2 Å². The highest BCUT2D eigenvalue weighted by Crippen LogP contribution is 2.33. The number of rotatable bonds is 3. The molecule has 0 radical (unpaired) electrons. The lowest BCUT2D eigenvalue weighted by Crippen LogP contribution is -2.16. The zero-order chi connectivity index (χ0) is 15.7. The van der Waals surface area contributed by atoms with Crippen LogP contribution in [-0.2, 0) is 10.0 Å². The second-order valence-electron chi connectivity index (χ2n) is 4.87. The molecule has 0 bridgehead atoms. The zero-order valence-corrected chi connectivity index (χ0v) is 13.4. The third-order valence-corrected chi connectivity index (χ3v) is 5.03. The summed E-state index contributed by atoms with van der Waals surface area (Å²) in [5.41, 5.74) is 1.22. The maximum Gasteiger partial charge on any atom is 0.261 e. The van der Waals surface area contributed by atoms with Gasteiger partial charge in [0.1, 0.15) is 13.2 Å².